The van der Waals surface area contributed by atoms with Crippen molar-refractivity contribution in [3.63, 3.8) is 0 Å². The van der Waals surface area contributed by atoms with Crippen LogP contribution in [0.1, 0.15) is 5.56 Å². The molecule has 0 amide bonds. The van der Waals surface area contributed by atoms with Crippen LogP contribution in [-0.2, 0) is 13.6 Å². The number of benzene rings is 1. The van der Waals surface area contributed by atoms with Gasteiger partial charge in [0.15, 0.2) is 5.16 Å². The summed E-state index contributed by atoms with van der Waals surface area (Å²) in [4.78, 5) is 1.14. The van der Waals surface area contributed by atoms with E-state index in [0.29, 0.717) is 6.54 Å². The second-order valence-corrected chi connectivity index (χ2v) is 4.22. The number of hydrogen-bond donors (Lipinski definition) is 1. The lowest BCUT2D eigenvalue weighted by molar-refractivity contribution is 0.788. The van der Waals surface area contributed by atoms with Crippen LogP contribution in [0.3, 0.4) is 0 Å². The van der Waals surface area contributed by atoms with Gasteiger partial charge >= 0.3 is 0 Å². The highest BCUT2D eigenvalue weighted by atomic mass is 32.2. The number of rotatable bonds is 3. The Kier molecular flexibility index (Phi) is 3.03. The molecule has 0 spiro atoms. The van der Waals surface area contributed by atoms with E-state index in [1.165, 1.54) is 0 Å². The molecular weight excluding hydrogens is 208 g/mol. The molecule has 1 heterocycles. The van der Waals surface area contributed by atoms with Gasteiger partial charge < -0.3 is 10.3 Å². The summed E-state index contributed by atoms with van der Waals surface area (Å²) < 4.78 is 1.89. The van der Waals surface area contributed by atoms with Crippen molar-refractivity contribution in [1.82, 2.24) is 14.8 Å². The minimum absolute atomic E-state index is 0.578. The molecule has 1 aromatic carbocycles. The van der Waals surface area contributed by atoms with E-state index in [0.717, 1.165) is 15.6 Å². The largest absolute Gasteiger partial charge is 0.326 e. The Morgan fingerprint density at radius 1 is 1.33 bits per heavy atom. The van der Waals surface area contributed by atoms with Gasteiger partial charge in [-0.1, -0.05) is 12.1 Å². The van der Waals surface area contributed by atoms with E-state index in [2.05, 4.69) is 10.2 Å². The molecule has 0 aliphatic carbocycles. The lowest BCUT2D eigenvalue weighted by atomic mass is 10.2. The Bertz CT molecular complexity index is 435. The first-order valence-corrected chi connectivity index (χ1v) is 5.42. The Morgan fingerprint density at radius 2 is 2.07 bits per heavy atom. The number of aryl methyl sites for hydroxylation is 1. The third-order valence-electron chi connectivity index (χ3n) is 2.04. The summed E-state index contributed by atoms with van der Waals surface area (Å²) in [5, 5.41) is 8.71. The van der Waals surface area contributed by atoms with Crippen LogP contribution in [0.5, 0.6) is 0 Å². The zero-order chi connectivity index (χ0) is 10.7. The molecular formula is C10H12N4S. The van der Waals surface area contributed by atoms with Gasteiger partial charge in [-0.25, -0.2) is 0 Å². The highest BCUT2D eigenvalue weighted by Crippen LogP contribution is 2.25. The molecule has 0 bridgehead atoms. The molecule has 4 nitrogen and oxygen atoms in total. The van der Waals surface area contributed by atoms with Crippen molar-refractivity contribution in [2.45, 2.75) is 16.6 Å². The van der Waals surface area contributed by atoms with Gasteiger partial charge in [-0.15, -0.1) is 10.2 Å². The Morgan fingerprint density at radius 3 is 2.60 bits per heavy atom. The van der Waals surface area contributed by atoms with Crippen molar-refractivity contribution in [1.29, 1.82) is 0 Å². The standard InChI is InChI=1S/C10H12N4S/c1-14-7-12-13-10(14)15-9-4-2-8(6-11)3-5-9/h2-5,7H,6,11H2,1H3. The normalized spacial score (nSPS) is 10.5. The van der Waals surface area contributed by atoms with Crippen LogP contribution in [0.2, 0.25) is 0 Å². The van der Waals surface area contributed by atoms with E-state index in [4.69, 9.17) is 5.73 Å². The van der Waals surface area contributed by atoms with E-state index >= 15 is 0 Å². The van der Waals surface area contributed by atoms with Gasteiger partial charge in [0.05, 0.1) is 0 Å². The fourth-order valence-corrected chi connectivity index (χ4v) is 1.93. The van der Waals surface area contributed by atoms with Gasteiger partial charge in [0.1, 0.15) is 6.33 Å². The predicted octanol–water partition coefficient (Wildman–Crippen LogP) is 1.42. The molecule has 1 aromatic heterocycles. The van der Waals surface area contributed by atoms with Crippen molar-refractivity contribution in [2.24, 2.45) is 12.8 Å². The molecule has 15 heavy (non-hydrogen) atoms. The van der Waals surface area contributed by atoms with E-state index in [9.17, 15) is 0 Å². The maximum Gasteiger partial charge on any atom is 0.195 e. The van der Waals surface area contributed by atoms with E-state index < -0.39 is 0 Å². The highest BCUT2D eigenvalue weighted by molar-refractivity contribution is 7.99. The summed E-state index contributed by atoms with van der Waals surface area (Å²) in [6.07, 6.45) is 1.69. The fourth-order valence-electron chi connectivity index (χ4n) is 1.16. The van der Waals surface area contributed by atoms with Gasteiger partial charge in [0.2, 0.25) is 0 Å². The van der Waals surface area contributed by atoms with Crippen molar-refractivity contribution in [3.8, 4) is 0 Å². The minimum Gasteiger partial charge on any atom is -0.326 e. The molecule has 5 heteroatoms. The average molecular weight is 220 g/mol. The first kappa shape index (κ1) is 10.2. The highest BCUT2D eigenvalue weighted by Gasteiger charge is 2.02. The van der Waals surface area contributed by atoms with Crippen LogP contribution < -0.4 is 5.73 Å². The first-order valence-electron chi connectivity index (χ1n) is 4.60. The lowest BCUT2D eigenvalue weighted by Gasteiger charge is -2.01. The smallest absolute Gasteiger partial charge is 0.195 e. The summed E-state index contributed by atoms with van der Waals surface area (Å²) in [6.45, 7) is 0.578. The van der Waals surface area contributed by atoms with Crippen molar-refractivity contribution >= 4 is 11.8 Å². The van der Waals surface area contributed by atoms with Crippen LogP contribution in [0.4, 0.5) is 0 Å². The molecule has 2 aromatic rings. The number of aromatic nitrogens is 3. The predicted molar refractivity (Wildman–Crippen MR) is 59.5 cm³/mol. The Labute approximate surface area is 92.5 Å². The molecule has 0 aliphatic heterocycles. The lowest BCUT2D eigenvalue weighted by Crippen LogP contribution is -1.95. The van der Waals surface area contributed by atoms with Crippen LogP contribution in [-0.4, -0.2) is 14.8 Å². The summed E-state index contributed by atoms with van der Waals surface area (Å²) >= 11 is 1.59. The Hall–Kier alpha value is -1.33. The maximum absolute atomic E-state index is 5.53. The van der Waals surface area contributed by atoms with E-state index in [-0.39, 0.29) is 0 Å². The van der Waals surface area contributed by atoms with Crippen LogP contribution in [0.25, 0.3) is 0 Å². The molecule has 2 rings (SSSR count). The maximum atomic E-state index is 5.53. The minimum atomic E-state index is 0.578. The fraction of sp³-hybridized carbons (Fsp3) is 0.200. The zero-order valence-electron chi connectivity index (χ0n) is 8.42. The molecule has 0 saturated heterocycles. The van der Waals surface area contributed by atoms with Crippen molar-refractivity contribution < 1.29 is 0 Å². The summed E-state index contributed by atoms with van der Waals surface area (Å²) in [5.41, 5.74) is 6.66. The molecule has 0 fully saturated rings. The van der Waals surface area contributed by atoms with Crippen molar-refractivity contribution in [3.05, 3.63) is 36.2 Å². The molecule has 0 atom stereocenters. The van der Waals surface area contributed by atoms with Crippen LogP contribution >= 0.6 is 11.8 Å². The second kappa shape index (κ2) is 4.46. The van der Waals surface area contributed by atoms with Gasteiger partial charge in [-0.3, -0.25) is 0 Å². The molecule has 0 radical (unpaired) electrons. The third-order valence-corrected chi connectivity index (χ3v) is 3.10. The first-order chi connectivity index (χ1) is 7.29. The van der Waals surface area contributed by atoms with Crippen LogP contribution in [0.15, 0.2) is 40.6 Å². The van der Waals surface area contributed by atoms with E-state index in [1.807, 2.05) is 35.9 Å². The summed E-state index contributed by atoms with van der Waals surface area (Å²) in [7, 11) is 1.93. The third kappa shape index (κ3) is 2.37. The molecule has 0 saturated carbocycles. The zero-order valence-corrected chi connectivity index (χ0v) is 9.24. The van der Waals surface area contributed by atoms with Crippen LogP contribution in [0, 0.1) is 0 Å². The Balaban J connectivity index is 2.14. The number of hydrogen-bond acceptors (Lipinski definition) is 4. The van der Waals surface area contributed by atoms with Crippen molar-refractivity contribution in [2.75, 3.05) is 0 Å². The van der Waals surface area contributed by atoms with Gasteiger partial charge in [-0.2, -0.15) is 0 Å². The SMILES string of the molecule is Cn1cnnc1Sc1ccc(CN)cc1. The van der Waals surface area contributed by atoms with E-state index in [1.54, 1.807) is 18.1 Å². The molecule has 2 N–H and O–H groups in total. The molecule has 0 unspecified atom stereocenters. The molecule has 78 valence electrons. The van der Waals surface area contributed by atoms with Gasteiger partial charge in [0.25, 0.3) is 0 Å². The van der Waals surface area contributed by atoms with Gasteiger partial charge in [0, 0.05) is 18.5 Å². The summed E-state index contributed by atoms with van der Waals surface area (Å²) in [6, 6.07) is 8.14. The number of nitrogens with zero attached hydrogens (tertiary/aromatic N) is 3. The summed E-state index contributed by atoms with van der Waals surface area (Å²) in [5.74, 6) is 0. The number of nitrogens with two attached hydrogens (primary N) is 1. The van der Waals surface area contributed by atoms with Gasteiger partial charge in [-0.05, 0) is 29.5 Å². The average Bonchev–Trinajstić information content (AvgIpc) is 2.66. The topological polar surface area (TPSA) is 56.7 Å². The monoisotopic (exact) mass is 220 g/mol. The quantitative estimate of drug-likeness (QED) is 0.850. The second-order valence-electron chi connectivity index (χ2n) is 3.17. The molecule has 0 aliphatic rings.